The Morgan fingerprint density at radius 1 is 1.45 bits per heavy atom. The molecule has 1 N–H and O–H groups in total. The normalized spacial score (nSPS) is 17.4. The van der Waals surface area contributed by atoms with Crippen LogP contribution in [0, 0.1) is 12.3 Å². The minimum atomic E-state index is -0.774. The summed E-state index contributed by atoms with van der Waals surface area (Å²) in [6.07, 6.45) is 5.06. The molecule has 1 aliphatic carbocycles. The summed E-state index contributed by atoms with van der Waals surface area (Å²) in [6, 6.07) is 1.82. The highest BCUT2D eigenvalue weighted by molar-refractivity contribution is 5.75. The van der Waals surface area contributed by atoms with Gasteiger partial charge in [0.25, 0.3) is 0 Å². The molecule has 0 unspecified atom stereocenters. The van der Waals surface area contributed by atoms with Crippen molar-refractivity contribution >= 4 is 5.97 Å². The number of nitrogens with zero attached hydrogens (tertiary/aromatic N) is 2. The summed E-state index contributed by atoms with van der Waals surface area (Å²) in [6.45, 7) is 1.89. The maximum Gasteiger partial charge on any atom is 0.310 e. The zero-order valence-corrected chi connectivity index (χ0v) is 11.3. The summed E-state index contributed by atoms with van der Waals surface area (Å²) >= 11 is 0. The van der Waals surface area contributed by atoms with E-state index in [-0.39, 0.29) is 6.42 Å². The molecule has 1 aliphatic rings. The summed E-state index contributed by atoms with van der Waals surface area (Å²) in [5.41, 5.74) is 0.174. The van der Waals surface area contributed by atoms with Gasteiger partial charge in [-0.25, -0.2) is 0 Å². The number of furan rings is 1. The molecular weight excluding hydrogens is 260 g/mol. The highest BCUT2D eigenvalue weighted by atomic mass is 16.5. The Morgan fingerprint density at radius 2 is 2.20 bits per heavy atom. The van der Waals surface area contributed by atoms with Gasteiger partial charge in [0.15, 0.2) is 5.76 Å². The first-order valence-electron chi connectivity index (χ1n) is 6.71. The van der Waals surface area contributed by atoms with E-state index >= 15 is 0 Å². The molecule has 0 spiro atoms. The van der Waals surface area contributed by atoms with Gasteiger partial charge in [0, 0.05) is 6.42 Å². The molecule has 1 fully saturated rings. The lowest BCUT2D eigenvalue weighted by Gasteiger charge is -2.21. The monoisotopic (exact) mass is 276 g/mol. The number of hydrogen-bond donors (Lipinski definition) is 1. The Kier molecular flexibility index (Phi) is 3.08. The second-order valence-electron chi connectivity index (χ2n) is 5.41. The third kappa shape index (κ3) is 2.11. The fraction of sp³-hybridized carbons (Fsp3) is 0.500. The molecule has 1 saturated carbocycles. The molecule has 6 heteroatoms. The molecule has 2 aromatic rings. The maximum atomic E-state index is 11.5. The highest BCUT2D eigenvalue weighted by Gasteiger charge is 2.43. The fourth-order valence-corrected chi connectivity index (χ4v) is 2.83. The predicted molar refractivity (Wildman–Crippen MR) is 69.0 cm³/mol. The molecule has 0 aliphatic heterocycles. The summed E-state index contributed by atoms with van der Waals surface area (Å²) in [4.78, 5) is 15.8. The standard InChI is InChI=1S/C14H16N2O4/c1-9-4-7-19-11(9)12-15-10(20-16-12)8-14(13(17)18)5-2-3-6-14/h4,7H,2-3,5-6,8H2,1H3,(H,17,18). The van der Waals surface area contributed by atoms with Gasteiger partial charge in [0.2, 0.25) is 11.7 Å². The lowest BCUT2D eigenvalue weighted by Crippen LogP contribution is -2.30. The average molecular weight is 276 g/mol. The Hall–Kier alpha value is -2.11. The minimum Gasteiger partial charge on any atom is -0.481 e. The van der Waals surface area contributed by atoms with Crippen LogP contribution in [0.15, 0.2) is 21.3 Å². The third-order valence-corrected chi connectivity index (χ3v) is 4.04. The molecule has 6 nitrogen and oxygen atoms in total. The Balaban J connectivity index is 1.84. The first-order chi connectivity index (χ1) is 9.61. The van der Waals surface area contributed by atoms with Crippen molar-refractivity contribution in [2.24, 2.45) is 5.41 Å². The van der Waals surface area contributed by atoms with Crippen LogP contribution in [0.2, 0.25) is 0 Å². The second-order valence-corrected chi connectivity index (χ2v) is 5.41. The second kappa shape index (κ2) is 4.77. The molecule has 0 saturated heterocycles. The number of carboxylic acid groups (broad SMARTS) is 1. The molecule has 20 heavy (non-hydrogen) atoms. The van der Waals surface area contributed by atoms with Gasteiger partial charge in [-0.05, 0) is 31.4 Å². The van der Waals surface area contributed by atoms with E-state index in [4.69, 9.17) is 8.94 Å². The number of rotatable bonds is 4. The van der Waals surface area contributed by atoms with Gasteiger partial charge in [-0.2, -0.15) is 4.98 Å². The zero-order chi connectivity index (χ0) is 14.2. The van der Waals surface area contributed by atoms with Crippen molar-refractivity contribution < 1.29 is 18.8 Å². The third-order valence-electron chi connectivity index (χ3n) is 4.04. The summed E-state index contributed by atoms with van der Waals surface area (Å²) in [7, 11) is 0. The van der Waals surface area contributed by atoms with E-state index < -0.39 is 11.4 Å². The number of aryl methyl sites for hydroxylation is 1. The van der Waals surface area contributed by atoms with Gasteiger partial charge in [-0.1, -0.05) is 18.0 Å². The molecule has 0 bridgehead atoms. The SMILES string of the molecule is Cc1ccoc1-c1noc(CC2(C(=O)O)CCCC2)n1. The van der Waals surface area contributed by atoms with E-state index in [0.29, 0.717) is 30.3 Å². The molecule has 2 aromatic heterocycles. The topological polar surface area (TPSA) is 89.4 Å². The van der Waals surface area contributed by atoms with E-state index in [1.807, 2.05) is 13.0 Å². The van der Waals surface area contributed by atoms with Crippen molar-refractivity contribution in [3.63, 3.8) is 0 Å². The Labute approximate surface area is 115 Å². The summed E-state index contributed by atoms with van der Waals surface area (Å²) < 4.78 is 10.5. The lowest BCUT2D eigenvalue weighted by atomic mass is 9.83. The fourth-order valence-electron chi connectivity index (χ4n) is 2.83. The van der Waals surface area contributed by atoms with Gasteiger partial charge >= 0.3 is 5.97 Å². The number of hydrogen-bond acceptors (Lipinski definition) is 5. The highest BCUT2D eigenvalue weighted by Crippen LogP contribution is 2.41. The van der Waals surface area contributed by atoms with Crippen LogP contribution < -0.4 is 0 Å². The molecule has 0 amide bonds. The minimum absolute atomic E-state index is 0.287. The number of aromatic nitrogens is 2. The Bertz CT molecular complexity index is 623. The number of carbonyl (C=O) groups is 1. The van der Waals surface area contributed by atoms with E-state index in [9.17, 15) is 9.90 Å². The van der Waals surface area contributed by atoms with Gasteiger partial charge < -0.3 is 14.0 Å². The molecule has 3 rings (SSSR count). The molecule has 0 aromatic carbocycles. The zero-order valence-electron chi connectivity index (χ0n) is 11.3. The van der Waals surface area contributed by atoms with Gasteiger partial charge in [-0.15, -0.1) is 0 Å². The number of carboxylic acids is 1. The van der Waals surface area contributed by atoms with Crippen molar-refractivity contribution in [3.8, 4) is 11.6 Å². The van der Waals surface area contributed by atoms with Crippen molar-refractivity contribution in [2.75, 3.05) is 0 Å². The summed E-state index contributed by atoms with van der Waals surface area (Å²) in [5, 5.41) is 13.3. The Morgan fingerprint density at radius 3 is 2.80 bits per heavy atom. The van der Waals surface area contributed by atoms with Gasteiger partial charge in [0.05, 0.1) is 11.7 Å². The van der Waals surface area contributed by atoms with Crippen molar-refractivity contribution in [1.29, 1.82) is 0 Å². The van der Waals surface area contributed by atoms with Crippen LogP contribution >= 0.6 is 0 Å². The van der Waals surface area contributed by atoms with Crippen LogP contribution in [0.25, 0.3) is 11.6 Å². The van der Waals surface area contributed by atoms with Crippen LogP contribution in [0.5, 0.6) is 0 Å². The largest absolute Gasteiger partial charge is 0.481 e. The smallest absolute Gasteiger partial charge is 0.310 e. The molecule has 0 radical (unpaired) electrons. The molecule has 106 valence electrons. The molecular formula is C14H16N2O4. The van der Waals surface area contributed by atoms with Gasteiger partial charge in [0.1, 0.15) is 0 Å². The van der Waals surface area contributed by atoms with Crippen LogP contribution in [0.4, 0.5) is 0 Å². The summed E-state index contributed by atoms with van der Waals surface area (Å²) in [5.74, 6) is 0.529. The van der Waals surface area contributed by atoms with Crippen LogP contribution in [0.3, 0.4) is 0 Å². The molecule has 0 atom stereocenters. The first-order valence-corrected chi connectivity index (χ1v) is 6.71. The van der Waals surface area contributed by atoms with Crippen LogP contribution in [-0.2, 0) is 11.2 Å². The van der Waals surface area contributed by atoms with Crippen LogP contribution in [-0.4, -0.2) is 21.2 Å². The van der Waals surface area contributed by atoms with Gasteiger partial charge in [-0.3, -0.25) is 4.79 Å². The number of aliphatic carboxylic acids is 1. The van der Waals surface area contributed by atoms with Crippen molar-refractivity contribution in [2.45, 2.75) is 39.0 Å². The van der Waals surface area contributed by atoms with Crippen molar-refractivity contribution in [3.05, 3.63) is 23.8 Å². The van der Waals surface area contributed by atoms with Crippen molar-refractivity contribution in [1.82, 2.24) is 10.1 Å². The van der Waals surface area contributed by atoms with E-state index in [2.05, 4.69) is 10.1 Å². The van der Waals surface area contributed by atoms with E-state index in [0.717, 1.165) is 18.4 Å². The maximum absolute atomic E-state index is 11.5. The van der Waals surface area contributed by atoms with Crippen LogP contribution in [0.1, 0.15) is 37.1 Å². The first kappa shape index (κ1) is 12.9. The average Bonchev–Trinajstić information content (AvgIpc) is 3.10. The lowest BCUT2D eigenvalue weighted by molar-refractivity contribution is -0.148. The molecule has 2 heterocycles. The predicted octanol–water partition coefficient (Wildman–Crippen LogP) is 2.83. The quantitative estimate of drug-likeness (QED) is 0.923. The van der Waals surface area contributed by atoms with E-state index in [1.54, 1.807) is 6.26 Å². The van der Waals surface area contributed by atoms with E-state index in [1.165, 1.54) is 0 Å².